The number of carbonyl (C=O) groups excluding carboxylic acids is 1. The molecule has 0 aliphatic carbocycles. The Morgan fingerprint density at radius 1 is 1.30 bits per heavy atom. The van der Waals surface area contributed by atoms with Crippen LogP contribution in [0.5, 0.6) is 5.75 Å². The molecular weight excluding hydrogens is 366 g/mol. The lowest BCUT2D eigenvalue weighted by atomic mass is 10.3. The number of fused-ring (bicyclic) bond motifs is 1. The summed E-state index contributed by atoms with van der Waals surface area (Å²) in [6.45, 7) is 5.12. The molecule has 0 spiro atoms. The molecule has 2 N–H and O–H groups in total. The van der Waals surface area contributed by atoms with E-state index in [1.54, 1.807) is 13.3 Å². The number of rotatable bonds is 7. The van der Waals surface area contributed by atoms with Gasteiger partial charge >= 0.3 is 0 Å². The van der Waals surface area contributed by atoms with E-state index in [0.29, 0.717) is 41.7 Å². The Morgan fingerprint density at radius 2 is 2.07 bits per heavy atom. The quantitative estimate of drug-likeness (QED) is 0.638. The van der Waals surface area contributed by atoms with Crippen molar-refractivity contribution in [2.24, 2.45) is 0 Å². The number of ether oxygens (including phenoxy) is 1. The minimum Gasteiger partial charge on any atom is -0.495 e. The maximum absolute atomic E-state index is 12.5. The second-order valence-electron chi connectivity index (χ2n) is 5.86. The summed E-state index contributed by atoms with van der Waals surface area (Å²) in [7, 11) is 1.60. The summed E-state index contributed by atoms with van der Waals surface area (Å²) >= 11 is 1.33. The molecule has 0 atom stereocenters. The van der Waals surface area contributed by atoms with Gasteiger partial charge in [0.05, 0.1) is 24.7 Å². The molecule has 0 aliphatic rings. The summed E-state index contributed by atoms with van der Waals surface area (Å²) in [4.78, 5) is 34.9. The van der Waals surface area contributed by atoms with E-state index in [2.05, 4.69) is 20.6 Å². The van der Waals surface area contributed by atoms with Crippen LogP contribution in [0, 0.1) is 6.92 Å². The molecule has 0 radical (unpaired) electrons. The molecule has 0 unspecified atom stereocenters. The van der Waals surface area contributed by atoms with Gasteiger partial charge < -0.3 is 15.4 Å². The highest BCUT2D eigenvalue weighted by atomic mass is 32.1. The van der Waals surface area contributed by atoms with Crippen LogP contribution in [0.15, 0.2) is 29.2 Å². The van der Waals surface area contributed by atoms with Crippen molar-refractivity contribution < 1.29 is 9.53 Å². The van der Waals surface area contributed by atoms with Crippen molar-refractivity contribution in [1.82, 2.24) is 25.0 Å². The van der Waals surface area contributed by atoms with Gasteiger partial charge in [-0.05, 0) is 26.0 Å². The van der Waals surface area contributed by atoms with E-state index in [9.17, 15) is 9.59 Å². The fourth-order valence-corrected chi connectivity index (χ4v) is 3.66. The minimum absolute atomic E-state index is 0.259. The van der Waals surface area contributed by atoms with Crippen LogP contribution in [0.4, 0.5) is 0 Å². The first kappa shape index (κ1) is 19.0. The average molecular weight is 387 g/mol. The lowest BCUT2D eigenvalue weighted by Crippen LogP contribution is -2.28. The number of aromatic nitrogens is 3. The highest BCUT2D eigenvalue weighted by Crippen LogP contribution is 2.19. The SMILES string of the molecule is CCNC(=O)c1c(C)sc2nc(CNCc3ccc(OC)cn3)cc(=O)n12. The van der Waals surface area contributed by atoms with Crippen molar-refractivity contribution in [3.63, 3.8) is 0 Å². The second-order valence-corrected chi connectivity index (χ2v) is 7.04. The first-order valence-corrected chi connectivity index (χ1v) is 9.35. The van der Waals surface area contributed by atoms with Crippen LogP contribution in [0.2, 0.25) is 0 Å². The summed E-state index contributed by atoms with van der Waals surface area (Å²) in [5, 5.41) is 5.96. The van der Waals surface area contributed by atoms with Crippen molar-refractivity contribution in [3.8, 4) is 5.75 Å². The van der Waals surface area contributed by atoms with Crippen molar-refractivity contribution in [1.29, 1.82) is 0 Å². The zero-order valence-corrected chi connectivity index (χ0v) is 16.2. The van der Waals surface area contributed by atoms with Gasteiger partial charge in [-0.25, -0.2) is 9.38 Å². The molecule has 0 fully saturated rings. The van der Waals surface area contributed by atoms with Crippen LogP contribution in [0.25, 0.3) is 4.96 Å². The molecule has 3 heterocycles. The number of amides is 1. The molecule has 142 valence electrons. The lowest BCUT2D eigenvalue weighted by molar-refractivity contribution is 0.0949. The van der Waals surface area contributed by atoms with E-state index in [-0.39, 0.29) is 11.5 Å². The Morgan fingerprint density at radius 3 is 2.74 bits per heavy atom. The maximum Gasteiger partial charge on any atom is 0.269 e. The number of methoxy groups -OCH3 is 1. The van der Waals surface area contributed by atoms with E-state index >= 15 is 0 Å². The van der Waals surface area contributed by atoms with Crippen LogP contribution < -0.4 is 20.9 Å². The third kappa shape index (κ3) is 4.15. The van der Waals surface area contributed by atoms with Gasteiger partial charge in [0, 0.05) is 30.6 Å². The first-order chi connectivity index (χ1) is 13.0. The smallest absolute Gasteiger partial charge is 0.269 e. The number of hydrogen-bond acceptors (Lipinski definition) is 7. The number of thiazole rings is 1. The van der Waals surface area contributed by atoms with Crippen LogP contribution in [-0.2, 0) is 13.1 Å². The molecule has 0 aliphatic heterocycles. The second kappa shape index (κ2) is 8.28. The van der Waals surface area contributed by atoms with Crippen LogP contribution >= 0.6 is 11.3 Å². The largest absolute Gasteiger partial charge is 0.495 e. The number of aryl methyl sites for hydroxylation is 1. The van der Waals surface area contributed by atoms with Crippen molar-refractivity contribution in [3.05, 3.63) is 56.7 Å². The van der Waals surface area contributed by atoms with Crippen molar-refractivity contribution in [2.45, 2.75) is 26.9 Å². The number of hydrogen-bond donors (Lipinski definition) is 2. The van der Waals surface area contributed by atoms with E-state index in [4.69, 9.17) is 4.74 Å². The normalized spacial score (nSPS) is 10.9. The number of pyridine rings is 1. The molecule has 1 amide bonds. The van der Waals surface area contributed by atoms with Crippen molar-refractivity contribution >= 4 is 22.2 Å². The van der Waals surface area contributed by atoms with Gasteiger partial charge in [0.1, 0.15) is 11.4 Å². The van der Waals surface area contributed by atoms with E-state index in [1.165, 1.54) is 21.8 Å². The molecular formula is C18H21N5O3S. The topological polar surface area (TPSA) is 97.6 Å². The Kier molecular flexibility index (Phi) is 5.82. The third-order valence-electron chi connectivity index (χ3n) is 3.94. The molecule has 0 bridgehead atoms. The summed E-state index contributed by atoms with van der Waals surface area (Å²) < 4.78 is 6.46. The van der Waals surface area contributed by atoms with Gasteiger partial charge in [-0.3, -0.25) is 14.6 Å². The highest BCUT2D eigenvalue weighted by Gasteiger charge is 2.18. The highest BCUT2D eigenvalue weighted by molar-refractivity contribution is 7.17. The molecule has 3 rings (SSSR count). The van der Waals surface area contributed by atoms with Crippen LogP contribution in [0.1, 0.15) is 33.7 Å². The Hall–Kier alpha value is -2.78. The van der Waals surface area contributed by atoms with E-state index < -0.39 is 0 Å². The molecule has 0 aromatic carbocycles. The summed E-state index contributed by atoms with van der Waals surface area (Å²) in [6.07, 6.45) is 1.66. The summed E-state index contributed by atoms with van der Waals surface area (Å²) in [5.41, 5.74) is 1.58. The minimum atomic E-state index is -0.262. The van der Waals surface area contributed by atoms with Crippen molar-refractivity contribution in [2.75, 3.05) is 13.7 Å². The van der Waals surface area contributed by atoms with Crippen LogP contribution in [-0.4, -0.2) is 33.9 Å². The van der Waals surface area contributed by atoms with Gasteiger partial charge in [0.25, 0.3) is 11.5 Å². The fourth-order valence-electron chi connectivity index (χ4n) is 2.67. The number of nitrogens with zero attached hydrogens (tertiary/aromatic N) is 3. The van der Waals surface area contributed by atoms with Gasteiger partial charge in [0.2, 0.25) is 0 Å². The lowest BCUT2D eigenvalue weighted by Gasteiger charge is -2.06. The fraction of sp³-hybridized carbons (Fsp3) is 0.333. The standard InChI is InChI=1S/C18H21N5O3S/c1-4-20-17(25)16-11(2)27-18-22-13(7-15(24)23(16)18)9-19-8-12-5-6-14(26-3)10-21-12/h5-7,10,19H,4,8-9H2,1-3H3,(H,20,25). The molecule has 27 heavy (non-hydrogen) atoms. The Labute approximate surface area is 160 Å². The average Bonchev–Trinajstić information content (AvgIpc) is 2.99. The Bertz CT molecular complexity index is 1010. The van der Waals surface area contributed by atoms with E-state index in [0.717, 1.165) is 10.6 Å². The predicted octanol–water partition coefficient (Wildman–Crippen LogP) is 1.51. The maximum atomic E-state index is 12.5. The Balaban J connectivity index is 1.76. The number of nitrogens with one attached hydrogen (secondary N) is 2. The van der Waals surface area contributed by atoms with Gasteiger partial charge in [0.15, 0.2) is 4.96 Å². The molecule has 3 aromatic rings. The molecule has 9 heteroatoms. The monoisotopic (exact) mass is 387 g/mol. The predicted molar refractivity (Wildman–Crippen MR) is 103 cm³/mol. The van der Waals surface area contributed by atoms with Gasteiger partial charge in [-0.2, -0.15) is 0 Å². The first-order valence-electron chi connectivity index (χ1n) is 8.53. The summed E-state index contributed by atoms with van der Waals surface area (Å²) in [6, 6.07) is 5.17. The van der Waals surface area contributed by atoms with Crippen LogP contribution in [0.3, 0.4) is 0 Å². The zero-order valence-electron chi connectivity index (χ0n) is 15.4. The molecule has 0 saturated carbocycles. The summed E-state index contributed by atoms with van der Waals surface area (Å²) in [5.74, 6) is 0.441. The molecule has 0 saturated heterocycles. The third-order valence-corrected chi connectivity index (χ3v) is 4.90. The van der Waals surface area contributed by atoms with Gasteiger partial charge in [-0.1, -0.05) is 0 Å². The zero-order chi connectivity index (χ0) is 19.4. The molecule has 8 nitrogen and oxygen atoms in total. The molecule has 3 aromatic heterocycles. The number of carbonyl (C=O) groups is 1. The van der Waals surface area contributed by atoms with E-state index in [1.807, 2.05) is 26.0 Å². The van der Waals surface area contributed by atoms with Gasteiger partial charge in [-0.15, -0.1) is 11.3 Å².